The Bertz CT molecular complexity index is 788. The maximum atomic E-state index is 12.6. The first-order valence-electron chi connectivity index (χ1n) is 9.14. The van der Waals surface area contributed by atoms with E-state index < -0.39 is 5.97 Å². The Labute approximate surface area is 153 Å². The molecular formula is C20H26N2O4. The summed E-state index contributed by atoms with van der Waals surface area (Å²) in [5, 5.41) is 10.1. The average Bonchev–Trinajstić information content (AvgIpc) is 3.04. The van der Waals surface area contributed by atoms with Gasteiger partial charge in [0.1, 0.15) is 5.75 Å². The maximum absolute atomic E-state index is 12.6. The monoisotopic (exact) mass is 358 g/mol. The summed E-state index contributed by atoms with van der Waals surface area (Å²) in [6.45, 7) is 0.911. The van der Waals surface area contributed by atoms with E-state index in [4.69, 9.17) is 9.84 Å². The number of fused-ring (bicyclic) bond motifs is 1. The number of carboxylic acid groups (broad SMARTS) is 1. The summed E-state index contributed by atoms with van der Waals surface area (Å²) in [4.78, 5) is 29.0. The first-order valence-corrected chi connectivity index (χ1v) is 9.14. The van der Waals surface area contributed by atoms with Crippen molar-refractivity contribution in [3.05, 3.63) is 30.0 Å². The number of hydrogen-bond donors (Lipinski definition) is 2. The van der Waals surface area contributed by atoms with Crippen LogP contribution in [0.25, 0.3) is 10.9 Å². The molecule has 0 aliphatic heterocycles. The number of carbonyl (C=O) groups excluding carboxylic acids is 1. The number of ether oxygens (including phenoxy) is 1. The van der Waals surface area contributed by atoms with Crippen molar-refractivity contribution >= 4 is 22.8 Å². The van der Waals surface area contributed by atoms with Gasteiger partial charge in [-0.3, -0.25) is 9.59 Å². The average molecular weight is 358 g/mol. The number of carboxylic acids is 1. The SMILES string of the molecule is CN(C)CCc1c[nH]c2cccc(OC(=O)C3CCC(C(=O)O)CC3)c12. The summed E-state index contributed by atoms with van der Waals surface area (Å²) < 4.78 is 5.75. The second-order valence-electron chi connectivity index (χ2n) is 7.35. The zero-order chi connectivity index (χ0) is 18.7. The number of nitrogens with one attached hydrogen (secondary N) is 1. The van der Waals surface area contributed by atoms with Crippen molar-refractivity contribution in [3.63, 3.8) is 0 Å². The zero-order valence-electron chi connectivity index (χ0n) is 15.3. The predicted octanol–water partition coefficient (Wildman–Crippen LogP) is 3.07. The summed E-state index contributed by atoms with van der Waals surface area (Å²) in [7, 11) is 4.06. The number of likely N-dealkylation sites (N-methyl/N-ethyl adjacent to an activating group) is 1. The van der Waals surface area contributed by atoms with Gasteiger partial charge in [-0.2, -0.15) is 0 Å². The molecule has 1 aliphatic carbocycles. The number of benzene rings is 1. The fourth-order valence-electron chi connectivity index (χ4n) is 3.61. The third-order valence-electron chi connectivity index (χ3n) is 5.20. The normalized spacial score (nSPS) is 20.4. The van der Waals surface area contributed by atoms with Gasteiger partial charge < -0.3 is 19.7 Å². The quantitative estimate of drug-likeness (QED) is 0.612. The molecule has 2 aromatic rings. The second-order valence-corrected chi connectivity index (χ2v) is 7.35. The molecule has 1 fully saturated rings. The first-order chi connectivity index (χ1) is 12.5. The minimum atomic E-state index is -0.764. The van der Waals surface area contributed by atoms with Crippen LogP contribution in [-0.4, -0.2) is 47.6 Å². The molecule has 0 atom stereocenters. The van der Waals surface area contributed by atoms with Crippen LogP contribution in [0.3, 0.4) is 0 Å². The summed E-state index contributed by atoms with van der Waals surface area (Å²) in [5.74, 6) is -0.974. The third-order valence-corrected chi connectivity index (χ3v) is 5.20. The Morgan fingerprint density at radius 2 is 1.88 bits per heavy atom. The molecule has 0 bridgehead atoms. The standard InChI is InChI=1S/C20H26N2O4/c1-22(2)11-10-15-12-21-16-4-3-5-17(18(15)16)26-20(25)14-8-6-13(7-9-14)19(23)24/h3-5,12-14,21H,6-11H2,1-2H3,(H,23,24). The van der Waals surface area contributed by atoms with Gasteiger partial charge in [0, 0.05) is 23.6 Å². The molecule has 1 aromatic heterocycles. The lowest BCUT2D eigenvalue weighted by Gasteiger charge is -2.24. The van der Waals surface area contributed by atoms with Crippen molar-refractivity contribution in [2.75, 3.05) is 20.6 Å². The van der Waals surface area contributed by atoms with Crippen molar-refractivity contribution in [2.45, 2.75) is 32.1 Å². The van der Waals surface area contributed by atoms with E-state index in [9.17, 15) is 9.59 Å². The van der Waals surface area contributed by atoms with Crippen LogP contribution in [-0.2, 0) is 16.0 Å². The first kappa shape index (κ1) is 18.5. The van der Waals surface area contributed by atoms with Gasteiger partial charge in [0.15, 0.2) is 0 Å². The molecule has 6 heteroatoms. The van der Waals surface area contributed by atoms with Crippen LogP contribution in [0.4, 0.5) is 0 Å². The molecule has 26 heavy (non-hydrogen) atoms. The Hall–Kier alpha value is -2.34. The lowest BCUT2D eigenvalue weighted by atomic mass is 9.82. The number of carbonyl (C=O) groups is 2. The van der Waals surface area contributed by atoms with Crippen molar-refractivity contribution in [1.82, 2.24) is 9.88 Å². The van der Waals surface area contributed by atoms with Gasteiger partial charge in [-0.1, -0.05) is 6.07 Å². The van der Waals surface area contributed by atoms with E-state index in [-0.39, 0.29) is 17.8 Å². The van der Waals surface area contributed by atoms with E-state index in [0.29, 0.717) is 31.4 Å². The number of aromatic amines is 1. The van der Waals surface area contributed by atoms with Gasteiger partial charge in [0.05, 0.1) is 11.8 Å². The Morgan fingerprint density at radius 1 is 1.19 bits per heavy atom. The fourth-order valence-corrected chi connectivity index (χ4v) is 3.61. The number of esters is 1. The Morgan fingerprint density at radius 3 is 2.54 bits per heavy atom. The molecule has 0 spiro atoms. The minimum Gasteiger partial charge on any atom is -0.481 e. The van der Waals surface area contributed by atoms with Crippen molar-refractivity contribution < 1.29 is 19.4 Å². The van der Waals surface area contributed by atoms with Crippen LogP contribution in [0.2, 0.25) is 0 Å². The van der Waals surface area contributed by atoms with Crippen LogP contribution in [0.5, 0.6) is 5.75 Å². The van der Waals surface area contributed by atoms with Crippen LogP contribution in [0.1, 0.15) is 31.2 Å². The molecule has 1 saturated carbocycles. The van der Waals surface area contributed by atoms with Crippen molar-refractivity contribution in [2.24, 2.45) is 11.8 Å². The van der Waals surface area contributed by atoms with E-state index >= 15 is 0 Å². The lowest BCUT2D eigenvalue weighted by molar-refractivity contribution is -0.146. The third kappa shape index (κ3) is 4.07. The molecule has 0 radical (unpaired) electrons. The second kappa shape index (κ2) is 7.91. The van der Waals surface area contributed by atoms with E-state index in [1.54, 1.807) is 0 Å². The topological polar surface area (TPSA) is 82.6 Å². The van der Waals surface area contributed by atoms with Crippen LogP contribution >= 0.6 is 0 Å². The van der Waals surface area contributed by atoms with Gasteiger partial charge in [-0.25, -0.2) is 0 Å². The van der Waals surface area contributed by atoms with Crippen molar-refractivity contribution in [1.29, 1.82) is 0 Å². The largest absolute Gasteiger partial charge is 0.481 e. The molecule has 3 rings (SSSR count). The number of aromatic nitrogens is 1. The van der Waals surface area contributed by atoms with Gasteiger partial charge in [0.2, 0.25) is 0 Å². The van der Waals surface area contributed by atoms with E-state index in [0.717, 1.165) is 29.4 Å². The number of aliphatic carboxylic acids is 1. The molecule has 1 heterocycles. The van der Waals surface area contributed by atoms with Crippen LogP contribution in [0.15, 0.2) is 24.4 Å². The molecule has 140 valence electrons. The molecule has 0 saturated heterocycles. The molecule has 0 amide bonds. The molecule has 1 aromatic carbocycles. The molecule has 6 nitrogen and oxygen atoms in total. The highest BCUT2D eigenvalue weighted by molar-refractivity contribution is 5.91. The minimum absolute atomic E-state index is 0.218. The predicted molar refractivity (Wildman–Crippen MR) is 99.3 cm³/mol. The zero-order valence-corrected chi connectivity index (χ0v) is 15.3. The summed E-state index contributed by atoms with van der Waals surface area (Å²) in [5.41, 5.74) is 2.09. The number of H-pyrrole nitrogens is 1. The van der Waals surface area contributed by atoms with E-state index in [2.05, 4.69) is 9.88 Å². The van der Waals surface area contributed by atoms with E-state index in [1.807, 2.05) is 38.5 Å². The highest BCUT2D eigenvalue weighted by Gasteiger charge is 2.31. The summed E-state index contributed by atoms with van der Waals surface area (Å²) >= 11 is 0. The van der Waals surface area contributed by atoms with Gasteiger partial charge >= 0.3 is 11.9 Å². The van der Waals surface area contributed by atoms with Crippen LogP contribution < -0.4 is 4.74 Å². The lowest BCUT2D eigenvalue weighted by Crippen LogP contribution is -2.28. The van der Waals surface area contributed by atoms with E-state index in [1.165, 1.54) is 0 Å². The smallest absolute Gasteiger partial charge is 0.314 e. The maximum Gasteiger partial charge on any atom is 0.314 e. The fraction of sp³-hybridized carbons (Fsp3) is 0.500. The Balaban J connectivity index is 1.73. The number of nitrogens with zero attached hydrogens (tertiary/aromatic N) is 1. The van der Waals surface area contributed by atoms with Crippen molar-refractivity contribution in [3.8, 4) is 5.75 Å². The Kier molecular flexibility index (Phi) is 5.61. The van der Waals surface area contributed by atoms with Gasteiger partial charge in [-0.15, -0.1) is 0 Å². The number of hydrogen-bond acceptors (Lipinski definition) is 4. The molecule has 1 aliphatic rings. The molecule has 0 unspecified atom stereocenters. The highest BCUT2D eigenvalue weighted by atomic mass is 16.5. The summed E-state index contributed by atoms with van der Waals surface area (Å²) in [6.07, 6.45) is 5.07. The molecular weight excluding hydrogens is 332 g/mol. The number of rotatable bonds is 6. The molecule has 2 N–H and O–H groups in total. The summed E-state index contributed by atoms with van der Waals surface area (Å²) in [6, 6.07) is 5.68. The van der Waals surface area contributed by atoms with Gasteiger partial charge in [-0.05, 0) is 63.9 Å². The van der Waals surface area contributed by atoms with Crippen LogP contribution in [0, 0.1) is 11.8 Å². The highest BCUT2D eigenvalue weighted by Crippen LogP contribution is 2.33. The van der Waals surface area contributed by atoms with Gasteiger partial charge in [0.25, 0.3) is 0 Å².